The van der Waals surface area contributed by atoms with Crippen molar-refractivity contribution in [2.75, 3.05) is 18.6 Å². The first-order chi connectivity index (χ1) is 9.90. The molecular formula is C14H19ClN2O3S. The topological polar surface area (TPSA) is 83.6 Å². The van der Waals surface area contributed by atoms with Crippen molar-refractivity contribution in [3.8, 4) is 0 Å². The Labute approximate surface area is 133 Å². The molecule has 0 aromatic heterocycles. The van der Waals surface area contributed by atoms with Crippen molar-refractivity contribution in [2.45, 2.75) is 19.0 Å². The molecule has 0 aliphatic heterocycles. The van der Waals surface area contributed by atoms with Crippen LogP contribution in [0.15, 0.2) is 24.3 Å². The van der Waals surface area contributed by atoms with Gasteiger partial charge < -0.3 is 15.7 Å². The summed E-state index contributed by atoms with van der Waals surface area (Å²) in [5.74, 6) is -0.169. The standard InChI is InChI=1S/C14H19ClN2O3S/c1-17(8-10-3-2-4-11(15)7-10)13(18)9-21-6-5-12(16)14(19)20/h2-4,7,12H,5-6,8-9,16H2,1H3,(H,19,20). The van der Waals surface area contributed by atoms with E-state index in [2.05, 4.69) is 0 Å². The minimum atomic E-state index is -1.01. The SMILES string of the molecule is CN(Cc1cccc(Cl)c1)C(=O)CSCCC(N)C(=O)O. The average Bonchev–Trinajstić information content (AvgIpc) is 2.42. The second-order valence-electron chi connectivity index (χ2n) is 4.67. The molecule has 1 atom stereocenters. The number of carbonyl (C=O) groups is 2. The first kappa shape index (κ1) is 17.8. The van der Waals surface area contributed by atoms with Gasteiger partial charge in [0.05, 0.1) is 5.75 Å². The van der Waals surface area contributed by atoms with Crippen molar-refractivity contribution in [1.82, 2.24) is 4.90 Å². The number of carbonyl (C=O) groups excluding carboxylic acids is 1. The molecular weight excluding hydrogens is 312 g/mol. The van der Waals surface area contributed by atoms with Crippen molar-refractivity contribution in [3.05, 3.63) is 34.9 Å². The molecule has 1 amide bonds. The number of amides is 1. The number of benzene rings is 1. The van der Waals surface area contributed by atoms with Gasteiger partial charge in [0.25, 0.3) is 0 Å². The molecule has 0 aliphatic carbocycles. The first-order valence-corrected chi connectivity index (χ1v) is 7.98. The number of thioether (sulfide) groups is 1. The van der Waals surface area contributed by atoms with Crippen LogP contribution in [-0.2, 0) is 16.1 Å². The van der Waals surface area contributed by atoms with Gasteiger partial charge in [0.2, 0.25) is 5.91 Å². The highest BCUT2D eigenvalue weighted by molar-refractivity contribution is 7.99. The molecule has 0 fully saturated rings. The number of nitrogens with two attached hydrogens (primary N) is 1. The summed E-state index contributed by atoms with van der Waals surface area (Å²) in [5, 5.41) is 9.29. The third-order valence-corrected chi connectivity index (χ3v) is 4.06. The lowest BCUT2D eigenvalue weighted by atomic mass is 10.2. The van der Waals surface area contributed by atoms with Crippen LogP contribution < -0.4 is 5.73 Å². The Kier molecular flexibility index (Phi) is 7.56. The molecule has 0 radical (unpaired) electrons. The number of aliphatic carboxylic acids is 1. The third-order valence-electron chi connectivity index (χ3n) is 2.85. The van der Waals surface area contributed by atoms with Crippen LogP contribution in [0.5, 0.6) is 0 Å². The lowest BCUT2D eigenvalue weighted by molar-refractivity contribution is -0.138. The van der Waals surface area contributed by atoms with Gasteiger partial charge in [0.1, 0.15) is 6.04 Å². The molecule has 1 unspecified atom stereocenters. The van der Waals surface area contributed by atoms with Crippen LogP contribution >= 0.6 is 23.4 Å². The number of halogens is 1. The largest absolute Gasteiger partial charge is 0.480 e. The minimum absolute atomic E-state index is 0.0103. The quantitative estimate of drug-likeness (QED) is 0.710. The summed E-state index contributed by atoms with van der Waals surface area (Å²) >= 11 is 7.29. The average molecular weight is 331 g/mol. The Morgan fingerprint density at radius 2 is 2.19 bits per heavy atom. The number of nitrogens with zero attached hydrogens (tertiary/aromatic N) is 1. The Morgan fingerprint density at radius 1 is 1.48 bits per heavy atom. The zero-order valence-corrected chi connectivity index (χ0v) is 13.4. The van der Waals surface area contributed by atoms with E-state index in [1.807, 2.05) is 18.2 Å². The van der Waals surface area contributed by atoms with Crippen LogP contribution in [-0.4, -0.2) is 46.5 Å². The Hall–Kier alpha value is -1.24. The van der Waals surface area contributed by atoms with Crippen LogP contribution in [0.3, 0.4) is 0 Å². The molecule has 21 heavy (non-hydrogen) atoms. The maximum atomic E-state index is 11.9. The minimum Gasteiger partial charge on any atom is -0.480 e. The Balaban J connectivity index is 2.30. The number of hydrogen-bond donors (Lipinski definition) is 2. The Morgan fingerprint density at radius 3 is 2.81 bits per heavy atom. The predicted octanol–water partition coefficient (Wildman–Crippen LogP) is 1.83. The molecule has 5 nitrogen and oxygen atoms in total. The van der Waals surface area contributed by atoms with E-state index in [1.54, 1.807) is 18.0 Å². The highest BCUT2D eigenvalue weighted by Crippen LogP contribution is 2.13. The maximum absolute atomic E-state index is 11.9. The second-order valence-corrected chi connectivity index (χ2v) is 6.21. The summed E-state index contributed by atoms with van der Waals surface area (Å²) in [6.07, 6.45) is 0.352. The van der Waals surface area contributed by atoms with E-state index < -0.39 is 12.0 Å². The lowest BCUT2D eigenvalue weighted by Gasteiger charge is -2.17. The van der Waals surface area contributed by atoms with E-state index in [4.69, 9.17) is 22.4 Å². The van der Waals surface area contributed by atoms with Gasteiger partial charge in [0.15, 0.2) is 0 Å². The van der Waals surface area contributed by atoms with Gasteiger partial charge in [-0.2, -0.15) is 11.8 Å². The van der Waals surface area contributed by atoms with Gasteiger partial charge in [0, 0.05) is 18.6 Å². The number of hydrogen-bond acceptors (Lipinski definition) is 4. The Bertz CT molecular complexity index is 499. The van der Waals surface area contributed by atoms with Crippen molar-refractivity contribution >= 4 is 35.2 Å². The summed E-state index contributed by atoms with van der Waals surface area (Å²) in [5.41, 5.74) is 6.36. The first-order valence-electron chi connectivity index (χ1n) is 6.44. The maximum Gasteiger partial charge on any atom is 0.320 e. The van der Waals surface area contributed by atoms with E-state index >= 15 is 0 Å². The fourth-order valence-electron chi connectivity index (χ4n) is 1.60. The van der Waals surface area contributed by atoms with E-state index in [-0.39, 0.29) is 5.91 Å². The highest BCUT2D eigenvalue weighted by atomic mass is 35.5. The molecule has 0 aliphatic rings. The molecule has 1 aromatic rings. The molecule has 1 aromatic carbocycles. The third kappa shape index (κ3) is 6.84. The summed E-state index contributed by atoms with van der Waals surface area (Å²) < 4.78 is 0. The molecule has 0 saturated heterocycles. The van der Waals surface area contributed by atoms with E-state index in [0.29, 0.717) is 29.5 Å². The van der Waals surface area contributed by atoms with Gasteiger partial charge in [-0.05, 0) is 29.9 Å². The van der Waals surface area contributed by atoms with Crippen LogP contribution in [0.2, 0.25) is 5.02 Å². The van der Waals surface area contributed by atoms with E-state index in [0.717, 1.165) is 5.56 Å². The zero-order chi connectivity index (χ0) is 15.8. The van der Waals surface area contributed by atoms with E-state index in [9.17, 15) is 9.59 Å². The summed E-state index contributed by atoms with van der Waals surface area (Å²) in [7, 11) is 1.73. The van der Waals surface area contributed by atoms with Gasteiger partial charge >= 0.3 is 5.97 Å². The normalized spacial score (nSPS) is 12.0. The molecule has 0 heterocycles. The molecule has 116 valence electrons. The molecule has 0 bridgehead atoms. The second kappa shape index (κ2) is 8.92. The predicted molar refractivity (Wildman–Crippen MR) is 85.5 cm³/mol. The van der Waals surface area contributed by atoms with Crippen LogP contribution in [0.25, 0.3) is 0 Å². The fourth-order valence-corrected chi connectivity index (χ4v) is 2.77. The van der Waals surface area contributed by atoms with Crippen LogP contribution in [0, 0.1) is 0 Å². The summed E-state index contributed by atoms with van der Waals surface area (Å²) in [6.45, 7) is 0.495. The number of carboxylic acids is 1. The van der Waals surface area contributed by atoms with Crippen molar-refractivity contribution in [1.29, 1.82) is 0 Å². The van der Waals surface area contributed by atoms with E-state index in [1.165, 1.54) is 11.8 Å². The molecule has 0 saturated carbocycles. The van der Waals surface area contributed by atoms with Crippen molar-refractivity contribution in [3.63, 3.8) is 0 Å². The number of rotatable bonds is 8. The monoisotopic (exact) mass is 330 g/mol. The lowest BCUT2D eigenvalue weighted by Crippen LogP contribution is -2.31. The van der Waals surface area contributed by atoms with Crippen molar-refractivity contribution in [2.24, 2.45) is 5.73 Å². The van der Waals surface area contributed by atoms with Crippen molar-refractivity contribution < 1.29 is 14.7 Å². The smallest absolute Gasteiger partial charge is 0.320 e. The van der Waals surface area contributed by atoms with Crippen LogP contribution in [0.1, 0.15) is 12.0 Å². The zero-order valence-electron chi connectivity index (χ0n) is 11.8. The fraction of sp³-hybridized carbons (Fsp3) is 0.429. The van der Waals surface area contributed by atoms with Gasteiger partial charge in [-0.3, -0.25) is 9.59 Å². The van der Waals surface area contributed by atoms with Gasteiger partial charge in [-0.1, -0.05) is 23.7 Å². The molecule has 7 heteroatoms. The number of carboxylic acid groups (broad SMARTS) is 1. The van der Waals surface area contributed by atoms with Crippen LogP contribution in [0.4, 0.5) is 0 Å². The molecule has 0 spiro atoms. The summed E-state index contributed by atoms with van der Waals surface area (Å²) in [6, 6.07) is 6.50. The van der Waals surface area contributed by atoms with Gasteiger partial charge in [-0.25, -0.2) is 0 Å². The molecule has 3 N–H and O–H groups in total. The highest BCUT2D eigenvalue weighted by Gasteiger charge is 2.13. The summed E-state index contributed by atoms with van der Waals surface area (Å²) in [4.78, 5) is 24.1. The molecule has 1 rings (SSSR count). The van der Waals surface area contributed by atoms with Gasteiger partial charge in [-0.15, -0.1) is 0 Å².